The van der Waals surface area contributed by atoms with E-state index in [1.165, 1.54) is 4.90 Å². The molecule has 3 N–H and O–H groups in total. The first-order valence-electron chi connectivity index (χ1n) is 6.54. The molecule has 2 rings (SSSR count). The predicted molar refractivity (Wildman–Crippen MR) is 77.5 cm³/mol. The van der Waals surface area contributed by atoms with Crippen LogP contribution in [0, 0.1) is 5.41 Å². The number of benzene rings is 1. The van der Waals surface area contributed by atoms with Crippen molar-refractivity contribution in [2.24, 2.45) is 5.41 Å². The van der Waals surface area contributed by atoms with Crippen molar-refractivity contribution in [2.45, 2.75) is 6.92 Å². The number of rotatable bonds is 5. The summed E-state index contributed by atoms with van der Waals surface area (Å²) in [6.07, 6.45) is 1.80. The molecule has 5 nitrogen and oxygen atoms in total. The van der Waals surface area contributed by atoms with E-state index in [0.717, 1.165) is 10.9 Å². The largest absolute Gasteiger partial charge is 0.396 e. The quantitative estimate of drug-likeness (QED) is 0.768. The fraction of sp³-hybridized carbons (Fsp3) is 0.400. The maximum atomic E-state index is 12.5. The molecule has 5 heteroatoms. The van der Waals surface area contributed by atoms with E-state index in [1.54, 1.807) is 26.2 Å². The van der Waals surface area contributed by atoms with Gasteiger partial charge in [0.15, 0.2) is 0 Å². The van der Waals surface area contributed by atoms with E-state index in [-0.39, 0.29) is 25.7 Å². The van der Waals surface area contributed by atoms with Crippen molar-refractivity contribution < 1.29 is 15.0 Å². The van der Waals surface area contributed by atoms with Crippen LogP contribution in [0.15, 0.2) is 30.5 Å². The third-order valence-corrected chi connectivity index (χ3v) is 3.55. The summed E-state index contributed by atoms with van der Waals surface area (Å²) in [7, 11) is 1.67. The summed E-state index contributed by atoms with van der Waals surface area (Å²) >= 11 is 0. The van der Waals surface area contributed by atoms with Crippen molar-refractivity contribution in [3.05, 3.63) is 36.0 Å². The average Bonchev–Trinajstić information content (AvgIpc) is 2.94. The van der Waals surface area contributed by atoms with E-state index in [1.807, 2.05) is 18.2 Å². The van der Waals surface area contributed by atoms with E-state index in [2.05, 4.69) is 4.98 Å². The van der Waals surface area contributed by atoms with Crippen LogP contribution in [0.2, 0.25) is 0 Å². The molecule has 0 aliphatic rings. The standard InChI is InChI=1S/C15H20N2O3/c1-15(9-18,10-19)8-17(2)14(20)12-5-3-4-11-6-7-16-13(11)12/h3-7,16,18-19H,8-10H2,1-2H3. The highest BCUT2D eigenvalue weighted by molar-refractivity contribution is 6.05. The van der Waals surface area contributed by atoms with Crippen LogP contribution in [-0.2, 0) is 0 Å². The number of aromatic amines is 1. The van der Waals surface area contributed by atoms with Crippen LogP contribution >= 0.6 is 0 Å². The highest BCUT2D eigenvalue weighted by atomic mass is 16.3. The zero-order valence-corrected chi connectivity index (χ0v) is 11.8. The van der Waals surface area contributed by atoms with E-state index < -0.39 is 5.41 Å². The van der Waals surface area contributed by atoms with Gasteiger partial charge >= 0.3 is 0 Å². The summed E-state index contributed by atoms with van der Waals surface area (Å²) in [6, 6.07) is 7.47. The van der Waals surface area contributed by atoms with E-state index >= 15 is 0 Å². The van der Waals surface area contributed by atoms with Gasteiger partial charge in [-0.25, -0.2) is 0 Å². The molecule has 0 fully saturated rings. The lowest BCUT2D eigenvalue weighted by atomic mass is 9.92. The van der Waals surface area contributed by atoms with Gasteiger partial charge in [-0.05, 0) is 12.1 Å². The van der Waals surface area contributed by atoms with Crippen LogP contribution in [0.5, 0.6) is 0 Å². The Balaban J connectivity index is 2.25. The molecule has 0 saturated carbocycles. The first kappa shape index (κ1) is 14.6. The smallest absolute Gasteiger partial charge is 0.255 e. The Kier molecular flexibility index (Phi) is 4.11. The molecule has 0 saturated heterocycles. The summed E-state index contributed by atoms with van der Waals surface area (Å²) in [6.45, 7) is 1.68. The van der Waals surface area contributed by atoms with Crippen LogP contribution in [0.1, 0.15) is 17.3 Å². The molecule has 1 amide bonds. The number of aliphatic hydroxyl groups excluding tert-OH is 2. The van der Waals surface area contributed by atoms with Crippen LogP contribution in [-0.4, -0.2) is 52.8 Å². The lowest BCUT2D eigenvalue weighted by Gasteiger charge is -2.30. The highest BCUT2D eigenvalue weighted by Gasteiger charge is 2.27. The number of H-pyrrole nitrogens is 1. The number of aromatic nitrogens is 1. The van der Waals surface area contributed by atoms with Crippen molar-refractivity contribution >= 4 is 16.8 Å². The second kappa shape index (κ2) is 5.64. The SMILES string of the molecule is CN(CC(C)(CO)CO)C(=O)c1cccc2cc[nH]c12. The van der Waals surface area contributed by atoms with Gasteiger partial charge < -0.3 is 20.1 Å². The Hall–Kier alpha value is -1.85. The Labute approximate surface area is 117 Å². The van der Waals surface area contributed by atoms with Gasteiger partial charge in [-0.1, -0.05) is 19.1 Å². The van der Waals surface area contributed by atoms with Crippen LogP contribution < -0.4 is 0 Å². The minimum atomic E-state index is -0.700. The van der Waals surface area contributed by atoms with Crippen molar-refractivity contribution in [3.63, 3.8) is 0 Å². The Bertz CT molecular complexity index is 602. The number of amides is 1. The van der Waals surface area contributed by atoms with Gasteiger partial charge in [-0.3, -0.25) is 4.79 Å². The molecule has 0 aliphatic carbocycles. The Morgan fingerprint density at radius 2 is 2.00 bits per heavy atom. The molecule has 2 aromatic rings. The van der Waals surface area contributed by atoms with E-state index in [0.29, 0.717) is 5.56 Å². The number of fused-ring (bicyclic) bond motifs is 1. The third kappa shape index (κ3) is 2.69. The second-order valence-electron chi connectivity index (χ2n) is 5.54. The minimum Gasteiger partial charge on any atom is -0.396 e. The minimum absolute atomic E-state index is 0.133. The summed E-state index contributed by atoms with van der Waals surface area (Å²) < 4.78 is 0. The normalized spacial score (nSPS) is 11.8. The first-order valence-corrected chi connectivity index (χ1v) is 6.54. The summed E-state index contributed by atoms with van der Waals surface area (Å²) in [5.74, 6) is -0.133. The van der Waals surface area contributed by atoms with E-state index in [4.69, 9.17) is 0 Å². The zero-order chi connectivity index (χ0) is 14.8. The van der Waals surface area contributed by atoms with Gasteiger partial charge in [-0.2, -0.15) is 0 Å². The Morgan fingerprint density at radius 1 is 1.30 bits per heavy atom. The molecular weight excluding hydrogens is 256 g/mol. The molecule has 108 valence electrons. The number of para-hydroxylation sites is 1. The number of aliphatic hydroxyl groups is 2. The number of nitrogens with zero attached hydrogens (tertiary/aromatic N) is 1. The van der Waals surface area contributed by atoms with Gasteiger partial charge in [0.1, 0.15) is 0 Å². The number of nitrogens with one attached hydrogen (secondary N) is 1. The summed E-state index contributed by atoms with van der Waals surface area (Å²) in [5, 5.41) is 19.6. The molecule has 0 atom stereocenters. The van der Waals surface area contributed by atoms with Gasteiger partial charge in [0.2, 0.25) is 0 Å². The molecule has 0 spiro atoms. The fourth-order valence-corrected chi connectivity index (χ4v) is 2.26. The predicted octanol–water partition coefficient (Wildman–Crippen LogP) is 1.23. The monoisotopic (exact) mass is 276 g/mol. The number of hydrogen-bond acceptors (Lipinski definition) is 3. The lowest BCUT2D eigenvalue weighted by molar-refractivity contribution is 0.0367. The van der Waals surface area contributed by atoms with Crippen molar-refractivity contribution in [2.75, 3.05) is 26.8 Å². The molecule has 1 aromatic heterocycles. The van der Waals surface area contributed by atoms with Gasteiger partial charge in [-0.15, -0.1) is 0 Å². The molecule has 0 aliphatic heterocycles. The maximum absolute atomic E-state index is 12.5. The van der Waals surface area contributed by atoms with Crippen molar-refractivity contribution in [1.82, 2.24) is 9.88 Å². The first-order chi connectivity index (χ1) is 9.50. The average molecular weight is 276 g/mol. The topological polar surface area (TPSA) is 76.6 Å². The maximum Gasteiger partial charge on any atom is 0.255 e. The molecule has 1 aromatic carbocycles. The fourth-order valence-electron chi connectivity index (χ4n) is 2.26. The third-order valence-electron chi connectivity index (χ3n) is 3.55. The highest BCUT2D eigenvalue weighted by Crippen LogP contribution is 2.21. The van der Waals surface area contributed by atoms with Crippen LogP contribution in [0.25, 0.3) is 10.9 Å². The molecule has 1 heterocycles. The molecule has 0 bridgehead atoms. The zero-order valence-electron chi connectivity index (χ0n) is 11.8. The molecule has 20 heavy (non-hydrogen) atoms. The lowest BCUT2D eigenvalue weighted by Crippen LogP contribution is -2.41. The number of hydrogen-bond donors (Lipinski definition) is 3. The number of carbonyl (C=O) groups excluding carboxylic acids is 1. The summed E-state index contributed by atoms with van der Waals surface area (Å²) in [4.78, 5) is 17.1. The molecule has 0 unspecified atom stereocenters. The van der Waals surface area contributed by atoms with Gasteiger partial charge in [0.05, 0.1) is 24.3 Å². The summed E-state index contributed by atoms with van der Waals surface area (Å²) in [5.41, 5.74) is 0.695. The van der Waals surface area contributed by atoms with Crippen LogP contribution in [0.3, 0.4) is 0 Å². The van der Waals surface area contributed by atoms with E-state index in [9.17, 15) is 15.0 Å². The Morgan fingerprint density at radius 3 is 2.65 bits per heavy atom. The van der Waals surface area contributed by atoms with Crippen LogP contribution in [0.4, 0.5) is 0 Å². The van der Waals surface area contributed by atoms with Gasteiger partial charge in [0.25, 0.3) is 5.91 Å². The number of carbonyl (C=O) groups is 1. The van der Waals surface area contributed by atoms with Crippen molar-refractivity contribution in [1.29, 1.82) is 0 Å². The molecule has 0 radical (unpaired) electrons. The van der Waals surface area contributed by atoms with Gasteiger partial charge in [0, 0.05) is 30.6 Å². The van der Waals surface area contributed by atoms with Crippen molar-refractivity contribution in [3.8, 4) is 0 Å². The second-order valence-corrected chi connectivity index (χ2v) is 5.54. The molecular formula is C15H20N2O3.